The van der Waals surface area contributed by atoms with Crippen LogP contribution < -0.4 is 11.1 Å². The summed E-state index contributed by atoms with van der Waals surface area (Å²) in [6.07, 6.45) is 2.74. The first-order valence-corrected chi connectivity index (χ1v) is 3.98. The second-order valence-electron chi connectivity index (χ2n) is 2.72. The van der Waals surface area contributed by atoms with Crippen LogP contribution in [-0.2, 0) is 0 Å². The predicted molar refractivity (Wildman–Crippen MR) is 47.8 cm³/mol. The standard InChI is InChI=1S/C9H10N4/c10-3-1-2-7-5-13-6-9(12)8(7)4-11/h5,13H,1-2,6,12H2. The maximum absolute atomic E-state index is 8.79. The van der Waals surface area contributed by atoms with E-state index in [4.69, 9.17) is 16.3 Å². The smallest absolute Gasteiger partial charge is 0.101 e. The molecule has 0 aliphatic carbocycles. The first-order valence-electron chi connectivity index (χ1n) is 3.98. The van der Waals surface area contributed by atoms with Gasteiger partial charge in [0.25, 0.3) is 0 Å². The summed E-state index contributed by atoms with van der Waals surface area (Å²) in [5.41, 5.74) is 7.53. The van der Waals surface area contributed by atoms with Gasteiger partial charge in [0, 0.05) is 18.3 Å². The number of nitrogens with zero attached hydrogens (tertiary/aromatic N) is 2. The van der Waals surface area contributed by atoms with Crippen molar-refractivity contribution >= 4 is 0 Å². The van der Waals surface area contributed by atoms with Gasteiger partial charge in [-0.25, -0.2) is 0 Å². The molecular weight excluding hydrogens is 164 g/mol. The zero-order chi connectivity index (χ0) is 9.68. The molecule has 0 saturated heterocycles. The van der Waals surface area contributed by atoms with Crippen LogP contribution in [0.4, 0.5) is 0 Å². The fourth-order valence-electron chi connectivity index (χ4n) is 1.18. The van der Waals surface area contributed by atoms with E-state index in [0.29, 0.717) is 30.7 Å². The zero-order valence-corrected chi connectivity index (χ0v) is 7.17. The number of hydrogen-bond acceptors (Lipinski definition) is 4. The van der Waals surface area contributed by atoms with E-state index >= 15 is 0 Å². The van der Waals surface area contributed by atoms with Gasteiger partial charge in [-0.2, -0.15) is 10.5 Å². The van der Waals surface area contributed by atoms with Crippen molar-refractivity contribution in [3.05, 3.63) is 23.0 Å². The Labute approximate surface area is 76.9 Å². The Morgan fingerprint density at radius 2 is 2.31 bits per heavy atom. The van der Waals surface area contributed by atoms with Crippen molar-refractivity contribution in [2.45, 2.75) is 12.8 Å². The molecule has 0 amide bonds. The minimum Gasteiger partial charge on any atom is -0.400 e. The summed E-state index contributed by atoms with van der Waals surface area (Å²) in [5, 5.41) is 20.1. The monoisotopic (exact) mass is 174 g/mol. The molecule has 0 aromatic carbocycles. The lowest BCUT2D eigenvalue weighted by Gasteiger charge is -2.14. The van der Waals surface area contributed by atoms with Crippen molar-refractivity contribution in [3.8, 4) is 12.1 Å². The molecule has 0 radical (unpaired) electrons. The topological polar surface area (TPSA) is 85.6 Å². The maximum atomic E-state index is 8.79. The van der Waals surface area contributed by atoms with E-state index in [0.717, 1.165) is 5.57 Å². The Morgan fingerprint density at radius 3 is 2.92 bits per heavy atom. The van der Waals surface area contributed by atoms with Crippen LogP contribution in [0.2, 0.25) is 0 Å². The number of nitrogens with one attached hydrogen (secondary N) is 1. The molecule has 1 rings (SSSR count). The molecule has 0 atom stereocenters. The van der Waals surface area contributed by atoms with E-state index in [2.05, 4.69) is 5.32 Å². The van der Waals surface area contributed by atoms with Crippen LogP contribution in [0.25, 0.3) is 0 Å². The van der Waals surface area contributed by atoms with Crippen molar-refractivity contribution in [1.29, 1.82) is 10.5 Å². The van der Waals surface area contributed by atoms with Gasteiger partial charge in [0.2, 0.25) is 0 Å². The zero-order valence-electron chi connectivity index (χ0n) is 7.17. The van der Waals surface area contributed by atoms with Gasteiger partial charge in [0.05, 0.1) is 18.2 Å². The minimum absolute atomic E-state index is 0.409. The highest BCUT2D eigenvalue weighted by molar-refractivity contribution is 5.47. The summed E-state index contributed by atoms with van der Waals surface area (Å²) in [7, 11) is 0. The van der Waals surface area contributed by atoms with E-state index in [-0.39, 0.29) is 0 Å². The Kier molecular flexibility index (Phi) is 2.94. The molecule has 3 N–H and O–H groups in total. The molecule has 1 aliphatic heterocycles. The largest absolute Gasteiger partial charge is 0.400 e. The molecule has 0 fully saturated rings. The quantitative estimate of drug-likeness (QED) is 0.638. The summed E-state index contributed by atoms with van der Waals surface area (Å²) in [5.74, 6) is 0. The molecule has 1 aliphatic rings. The molecule has 4 heteroatoms. The van der Waals surface area contributed by atoms with Crippen molar-refractivity contribution < 1.29 is 0 Å². The summed E-state index contributed by atoms with van der Waals surface area (Å²) in [4.78, 5) is 0. The molecule has 4 nitrogen and oxygen atoms in total. The Balaban J connectivity index is 2.80. The molecule has 0 aromatic heterocycles. The van der Waals surface area contributed by atoms with Crippen LogP contribution in [0.3, 0.4) is 0 Å². The molecule has 0 bridgehead atoms. The normalized spacial score (nSPS) is 15.4. The Bertz CT molecular complexity index is 338. The SMILES string of the molecule is N#CCCC1=CNCC(N)=C1C#N. The van der Waals surface area contributed by atoms with Gasteiger partial charge in [0.15, 0.2) is 0 Å². The number of allylic oxidation sites excluding steroid dienone is 2. The van der Waals surface area contributed by atoms with Crippen molar-refractivity contribution in [3.63, 3.8) is 0 Å². The van der Waals surface area contributed by atoms with Gasteiger partial charge < -0.3 is 11.1 Å². The molecule has 0 saturated carbocycles. The number of hydrogen-bond donors (Lipinski definition) is 2. The lowest BCUT2D eigenvalue weighted by atomic mass is 9.99. The van der Waals surface area contributed by atoms with Crippen LogP contribution in [0, 0.1) is 22.7 Å². The first kappa shape index (κ1) is 9.15. The van der Waals surface area contributed by atoms with Gasteiger partial charge in [-0.05, 0) is 12.0 Å². The summed E-state index contributed by atoms with van der Waals surface area (Å²) in [6, 6.07) is 4.08. The van der Waals surface area contributed by atoms with Crippen molar-refractivity contribution in [2.24, 2.45) is 5.73 Å². The van der Waals surface area contributed by atoms with Crippen LogP contribution in [-0.4, -0.2) is 6.54 Å². The Morgan fingerprint density at radius 1 is 1.54 bits per heavy atom. The highest BCUT2D eigenvalue weighted by Gasteiger charge is 2.12. The fraction of sp³-hybridized carbons (Fsp3) is 0.333. The molecule has 0 unspecified atom stereocenters. The van der Waals surface area contributed by atoms with Crippen LogP contribution >= 0.6 is 0 Å². The van der Waals surface area contributed by atoms with Crippen molar-refractivity contribution in [1.82, 2.24) is 5.32 Å². The molecule has 0 spiro atoms. The lowest BCUT2D eigenvalue weighted by Crippen LogP contribution is -2.23. The predicted octanol–water partition coefficient (Wildman–Crippen LogP) is 0.514. The van der Waals surface area contributed by atoms with Crippen LogP contribution in [0.5, 0.6) is 0 Å². The molecule has 13 heavy (non-hydrogen) atoms. The van der Waals surface area contributed by atoms with Crippen LogP contribution in [0.1, 0.15) is 12.8 Å². The molecule has 0 aromatic rings. The second kappa shape index (κ2) is 4.18. The summed E-state index contributed by atoms with van der Waals surface area (Å²) < 4.78 is 0. The fourth-order valence-corrected chi connectivity index (χ4v) is 1.18. The summed E-state index contributed by atoms with van der Waals surface area (Å²) in [6.45, 7) is 0.513. The molecular formula is C9H10N4. The number of nitriles is 2. The van der Waals surface area contributed by atoms with E-state index in [9.17, 15) is 0 Å². The Hall–Kier alpha value is -1.94. The average molecular weight is 174 g/mol. The number of rotatable bonds is 2. The molecule has 1 heterocycles. The minimum atomic E-state index is 0.409. The first-order chi connectivity index (χ1) is 6.29. The second-order valence-corrected chi connectivity index (χ2v) is 2.72. The lowest BCUT2D eigenvalue weighted by molar-refractivity contribution is 0.850. The average Bonchev–Trinajstić information content (AvgIpc) is 2.15. The highest BCUT2D eigenvalue weighted by atomic mass is 14.9. The number of nitrogens with two attached hydrogens (primary N) is 1. The van der Waals surface area contributed by atoms with E-state index in [1.165, 1.54) is 0 Å². The van der Waals surface area contributed by atoms with Gasteiger partial charge in [-0.15, -0.1) is 0 Å². The van der Waals surface area contributed by atoms with Crippen LogP contribution in [0.15, 0.2) is 23.0 Å². The third-order valence-electron chi connectivity index (χ3n) is 1.83. The van der Waals surface area contributed by atoms with Gasteiger partial charge >= 0.3 is 0 Å². The van der Waals surface area contributed by atoms with Crippen molar-refractivity contribution in [2.75, 3.05) is 6.54 Å². The maximum Gasteiger partial charge on any atom is 0.101 e. The summed E-state index contributed by atoms with van der Waals surface area (Å²) >= 11 is 0. The van der Waals surface area contributed by atoms with E-state index in [1.807, 2.05) is 12.1 Å². The number of dihydropyridines is 1. The van der Waals surface area contributed by atoms with Gasteiger partial charge in [-0.3, -0.25) is 0 Å². The third-order valence-corrected chi connectivity index (χ3v) is 1.83. The van der Waals surface area contributed by atoms with E-state index in [1.54, 1.807) is 6.20 Å². The third kappa shape index (κ3) is 2.00. The van der Waals surface area contributed by atoms with E-state index < -0.39 is 0 Å². The van der Waals surface area contributed by atoms with Gasteiger partial charge in [-0.1, -0.05) is 0 Å². The highest BCUT2D eigenvalue weighted by Crippen LogP contribution is 2.18. The molecule has 66 valence electrons. The van der Waals surface area contributed by atoms with Gasteiger partial charge in [0.1, 0.15) is 6.07 Å².